The molecule has 0 radical (unpaired) electrons. The Morgan fingerprint density at radius 1 is 1.23 bits per heavy atom. The largest absolute Gasteiger partial charge is 0.448 e. The van der Waals surface area contributed by atoms with E-state index in [0.29, 0.717) is 11.1 Å². The molecule has 4 nitrogen and oxygen atoms in total. The average Bonchev–Trinajstić information content (AvgIpc) is 2.74. The van der Waals surface area contributed by atoms with Crippen molar-refractivity contribution in [1.29, 1.82) is 0 Å². The van der Waals surface area contributed by atoms with E-state index in [2.05, 4.69) is 9.97 Å². The van der Waals surface area contributed by atoms with Crippen LogP contribution in [0.1, 0.15) is 18.1 Å². The maximum Gasteiger partial charge on any atom is 0.256 e. The number of oxazole rings is 2. The van der Waals surface area contributed by atoms with E-state index >= 15 is 0 Å². The molecule has 5 heteroatoms. The molecule has 2 rings (SSSR count). The third kappa shape index (κ3) is 1.92. The Morgan fingerprint density at radius 2 is 2.00 bits per heavy atom. The van der Waals surface area contributed by atoms with Crippen molar-refractivity contribution in [2.24, 2.45) is 0 Å². The van der Waals surface area contributed by atoms with Gasteiger partial charge in [-0.25, -0.2) is 9.97 Å². The molecule has 0 spiro atoms. The summed E-state index contributed by atoms with van der Waals surface area (Å²) in [6.45, 7) is 1.99. The van der Waals surface area contributed by atoms with E-state index in [-0.39, 0.29) is 5.25 Å². The highest BCUT2D eigenvalue weighted by Crippen LogP contribution is 2.32. The number of hydrogen-bond donors (Lipinski definition) is 0. The molecular weight excluding hydrogens is 188 g/mol. The molecule has 0 bridgehead atoms. The Bertz CT molecular complexity index is 344. The van der Waals surface area contributed by atoms with Gasteiger partial charge in [-0.05, 0) is 6.92 Å². The molecule has 0 aliphatic carbocycles. The lowest BCUT2D eigenvalue weighted by Crippen LogP contribution is -1.87. The molecule has 2 aromatic heterocycles. The highest BCUT2D eigenvalue weighted by atomic mass is 32.2. The lowest BCUT2D eigenvalue weighted by atomic mass is 10.5. The second-order valence-corrected chi connectivity index (χ2v) is 3.72. The van der Waals surface area contributed by atoms with Gasteiger partial charge in [-0.3, -0.25) is 0 Å². The van der Waals surface area contributed by atoms with Gasteiger partial charge in [0.15, 0.2) is 0 Å². The molecule has 2 heterocycles. The van der Waals surface area contributed by atoms with Gasteiger partial charge < -0.3 is 8.83 Å². The van der Waals surface area contributed by atoms with Crippen molar-refractivity contribution in [1.82, 2.24) is 9.97 Å². The smallest absolute Gasteiger partial charge is 0.256 e. The van der Waals surface area contributed by atoms with Crippen LogP contribution in [-0.2, 0) is 0 Å². The zero-order valence-corrected chi connectivity index (χ0v) is 7.82. The quantitative estimate of drug-likeness (QED) is 0.706. The summed E-state index contributed by atoms with van der Waals surface area (Å²) in [5.74, 6) is 0.684. The van der Waals surface area contributed by atoms with Crippen LogP contribution >= 0.6 is 11.8 Å². The summed E-state index contributed by atoms with van der Waals surface area (Å²) in [7, 11) is 0. The fourth-order valence-electron chi connectivity index (χ4n) is 0.905. The first-order valence-electron chi connectivity index (χ1n) is 3.82. The average molecular weight is 196 g/mol. The first-order valence-corrected chi connectivity index (χ1v) is 4.70. The van der Waals surface area contributed by atoms with Gasteiger partial charge in [0.2, 0.25) is 5.89 Å². The predicted octanol–water partition coefficient (Wildman–Crippen LogP) is 2.52. The van der Waals surface area contributed by atoms with Gasteiger partial charge >= 0.3 is 0 Å². The van der Waals surface area contributed by atoms with Crippen LogP contribution in [0.2, 0.25) is 0 Å². The lowest BCUT2D eigenvalue weighted by molar-refractivity contribution is 0.450. The van der Waals surface area contributed by atoms with E-state index in [1.807, 2.05) is 6.92 Å². The molecule has 0 aromatic carbocycles. The zero-order valence-electron chi connectivity index (χ0n) is 7.01. The Labute approximate surface area is 79.4 Å². The minimum absolute atomic E-state index is 0.119. The van der Waals surface area contributed by atoms with E-state index < -0.39 is 0 Å². The van der Waals surface area contributed by atoms with Gasteiger partial charge in [0.1, 0.15) is 12.5 Å². The van der Waals surface area contributed by atoms with Gasteiger partial charge in [-0.15, -0.1) is 0 Å². The number of nitrogens with zero attached hydrogens (tertiary/aromatic N) is 2. The molecule has 0 saturated heterocycles. The highest BCUT2D eigenvalue weighted by Gasteiger charge is 2.13. The van der Waals surface area contributed by atoms with Gasteiger partial charge in [0, 0.05) is 0 Å². The van der Waals surface area contributed by atoms with Gasteiger partial charge in [-0.2, -0.15) is 0 Å². The van der Waals surface area contributed by atoms with Crippen molar-refractivity contribution in [2.45, 2.75) is 17.4 Å². The molecule has 0 saturated carbocycles. The number of thioether (sulfide) groups is 1. The monoisotopic (exact) mass is 196 g/mol. The minimum Gasteiger partial charge on any atom is -0.448 e. The molecule has 13 heavy (non-hydrogen) atoms. The van der Waals surface area contributed by atoms with Crippen molar-refractivity contribution in [3.8, 4) is 0 Å². The van der Waals surface area contributed by atoms with E-state index in [1.165, 1.54) is 11.8 Å². The normalized spacial score (nSPS) is 13.0. The molecule has 1 unspecified atom stereocenters. The SMILES string of the molecule is CC(Sc1ncco1)c1ncco1. The summed E-state index contributed by atoms with van der Waals surface area (Å²) in [6.07, 6.45) is 6.35. The predicted molar refractivity (Wildman–Crippen MR) is 47.3 cm³/mol. The highest BCUT2D eigenvalue weighted by molar-refractivity contribution is 7.99. The number of aromatic nitrogens is 2. The summed E-state index contributed by atoms with van der Waals surface area (Å²) in [4.78, 5) is 8.03. The van der Waals surface area contributed by atoms with Crippen molar-refractivity contribution >= 4 is 11.8 Å². The Balaban J connectivity index is 2.04. The van der Waals surface area contributed by atoms with E-state index in [0.717, 1.165) is 0 Å². The summed E-state index contributed by atoms with van der Waals surface area (Å²) in [5, 5.41) is 0.749. The van der Waals surface area contributed by atoms with Crippen LogP contribution < -0.4 is 0 Å². The number of rotatable bonds is 3. The van der Waals surface area contributed by atoms with Crippen LogP contribution in [0.3, 0.4) is 0 Å². The Hall–Kier alpha value is -1.23. The first-order chi connectivity index (χ1) is 6.36. The summed E-state index contributed by atoms with van der Waals surface area (Å²) in [6, 6.07) is 0. The minimum atomic E-state index is 0.119. The molecule has 1 atom stereocenters. The molecule has 68 valence electrons. The van der Waals surface area contributed by atoms with Gasteiger partial charge in [0.25, 0.3) is 5.22 Å². The van der Waals surface area contributed by atoms with Crippen LogP contribution in [0.15, 0.2) is 39.0 Å². The zero-order chi connectivity index (χ0) is 9.10. The Morgan fingerprint density at radius 3 is 2.62 bits per heavy atom. The second kappa shape index (κ2) is 3.66. The van der Waals surface area contributed by atoms with Gasteiger partial charge in [0.05, 0.1) is 17.6 Å². The first kappa shape index (κ1) is 8.37. The Kier molecular flexibility index (Phi) is 2.35. The standard InChI is InChI=1S/C8H8N2O2S/c1-6(7-9-2-4-11-7)13-8-10-3-5-12-8/h2-6H,1H3. The third-order valence-corrected chi connectivity index (χ3v) is 2.44. The van der Waals surface area contributed by atoms with Gasteiger partial charge in [-0.1, -0.05) is 11.8 Å². The molecule has 0 aliphatic rings. The van der Waals surface area contributed by atoms with Crippen molar-refractivity contribution in [3.05, 3.63) is 30.8 Å². The van der Waals surface area contributed by atoms with Crippen molar-refractivity contribution in [2.75, 3.05) is 0 Å². The maximum atomic E-state index is 5.14. The summed E-state index contributed by atoms with van der Waals surface area (Å²) >= 11 is 1.47. The van der Waals surface area contributed by atoms with Crippen molar-refractivity contribution < 1.29 is 8.83 Å². The fourth-order valence-corrected chi connectivity index (χ4v) is 1.66. The van der Waals surface area contributed by atoms with Crippen LogP contribution in [0.5, 0.6) is 0 Å². The lowest BCUT2D eigenvalue weighted by Gasteiger charge is -2.01. The fraction of sp³-hybridized carbons (Fsp3) is 0.250. The third-order valence-electron chi connectivity index (χ3n) is 1.49. The van der Waals surface area contributed by atoms with Crippen LogP contribution in [0, 0.1) is 0 Å². The molecule has 0 N–H and O–H groups in total. The maximum absolute atomic E-state index is 5.14. The molecule has 0 amide bonds. The number of hydrogen-bond acceptors (Lipinski definition) is 5. The van der Waals surface area contributed by atoms with E-state index in [1.54, 1.807) is 24.9 Å². The molecule has 0 aliphatic heterocycles. The second-order valence-electron chi connectivity index (χ2n) is 2.43. The van der Waals surface area contributed by atoms with Crippen LogP contribution in [-0.4, -0.2) is 9.97 Å². The van der Waals surface area contributed by atoms with E-state index in [9.17, 15) is 0 Å². The van der Waals surface area contributed by atoms with E-state index in [4.69, 9.17) is 8.83 Å². The van der Waals surface area contributed by atoms with Crippen molar-refractivity contribution in [3.63, 3.8) is 0 Å². The summed E-state index contributed by atoms with van der Waals surface area (Å²) in [5.41, 5.74) is 0. The summed E-state index contributed by atoms with van der Waals surface area (Å²) < 4.78 is 10.2. The topological polar surface area (TPSA) is 52.1 Å². The molecule has 0 fully saturated rings. The molecular formula is C8H8N2O2S. The van der Waals surface area contributed by atoms with Crippen LogP contribution in [0.4, 0.5) is 0 Å². The molecule has 2 aromatic rings. The van der Waals surface area contributed by atoms with Crippen LogP contribution in [0.25, 0.3) is 0 Å².